The molecule has 310 valence electrons. The molecule has 0 aromatic carbocycles. The lowest BCUT2D eigenvalue weighted by molar-refractivity contribution is -0.191. The van der Waals surface area contributed by atoms with E-state index in [0.717, 1.165) is 83.9 Å². The average Bonchev–Trinajstić information content (AvgIpc) is 3.12. The molecule has 0 saturated carbocycles. The quantitative estimate of drug-likeness (QED) is 0.0351. The standard InChI is InChI=1S/C45H90N2O5/c1-7-11-14-17-19-25-33-42(32-24-15-12-8-2)41-51-45(49)37-29-22-21-27-35-43(34-26-16-13-9-3)47(39-31-38-46(5)6)52-40-30-23-18-20-28-36-44(48)50-10-4/h42-43H,7-41H2,1-6H3. The third-order valence-electron chi connectivity index (χ3n) is 10.4. The molecule has 0 aromatic rings. The van der Waals surface area contributed by atoms with Gasteiger partial charge in [0, 0.05) is 25.4 Å². The fourth-order valence-corrected chi connectivity index (χ4v) is 7.12. The lowest BCUT2D eigenvalue weighted by atomic mass is 9.95. The molecule has 52 heavy (non-hydrogen) atoms. The molecule has 7 heteroatoms. The Morgan fingerprint density at radius 1 is 0.481 bits per heavy atom. The smallest absolute Gasteiger partial charge is 0.305 e. The first-order valence-corrected chi connectivity index (χ1v) is 22.7. The topological polar surface area (TPSA) is 68.3 Å². The molecule has 0 N–H and O–H groups in total. The van der Waals surface area contributed by atoms with Crippen molar-refractivity contribution in [3.63, 3.8) is 0 Å². The van der Waals surface area contributed by atoms with E-state index in [1.54, 1.807) is 0 Å². The van der Waals surface area contributed by atoms with E-state index in [4.69, 9.17) is 14.3 Å². The van der Waals surface area contributed by atoms with Crippen LogP contribution in [0.5, 0.6) is 0 Å². The van der Waals surface area contributed by atoms with E-state index in [2.05, 4.69) is 44.8 Å². The van der Waals surface area contributed by atoms with Crippen molar-refractivity contribution >= 4 is 11.9 Å². The van der Waals surface area contributed by atoms with E-state index in [0.29, 0.717) is 38.0 Å². The molecular formula is C45H90N2O5. The number of carbonyl (C=O) groups excluding carboxylic acids is 2. The van der Waals surface area contributed by atoms with E-state index >= 15 is 0 Å². The SMILES string of the molecule is CCCCCCCCC(CCCCCC)COC(=O)CCCCCCC(CCCCCC)N(CCCN(C)C)OCCCCCCCC(=O)OCC. The van der Waals surface area contributed by atoms with Crippen LogP contribution >= 0.6 is 0 Å². The minimum atomic E-state index is -0.0717. The fourth-order valence-electron chi connectivity index (χ4n) is 7.12. The molecule has 0 aliphatic rings. The third kappa shape index (κ3) is 34.6. The van der Waals surface area contributed by atoms with Crippen molar-refractivity contribution in [1.82, 2.24) is 9.96 Å². The Bertz CT molecular complexity index is 764. The zero-order valence-corrected chi connectivity index (χ0v) is 35.8. The fraction of sp³-hybridized carbons (Fsp3) is 0.956. The highest BCUT2D eigenvalue weighted by Crippen LogP contribution is 2.22. The Hall–Kier alpha value is -1.18. The van der Waals surface area contributed by atoms with Gasteiger partial charge >= 0.3 is 11.9 Å². The molecule has 0 aliphatic heterocycles. The van der Waals surface area contributed by atoms with Gasteiger partial charge in [0.05, 0.1) is 19.8 Å². The van der Waals surface area contributed by atoms with Gasteiger partial charge in [-0.1, -0.05) is 149 Å². The molecule has 0 spiro atoms. The summed E-state index contributed by atoms with van der Waals surface area (Å²) >= 11 is 0. The van der Waals surface area contributed by atoms with Crippen LogP contribution in [0.25, 0.3) is 0 Å². The Balaban J connectivity index is 4.72. The Morgan fingerprint density at radius 3 is 1.44 bits per heavy atom. The van der Waals surface area contributed by atoms with Crippen molar-refractivity contribution in [3.8, 4) is 0 Å². The zero-order chi connectivity index (χ0) is 38.3. The normalized spacial score (nSPS) is 12.8. The molecule has 0 rings (SSSR count). The summed E-state index contributed by atoms with van der Waals surface area (Å²) in [5.74, 6) is 0.472. The molecule has 2 atom stereocenters. The molecular weight excluding hydrogens is 649 g/mol. The molecule has 0 aromatic heterocycles. The molecule has 0 bridgehead atoms. The highest BCUT2D eigenvalue weighted by Gasteiger charge is 2.19. The van der Waals surface area contributed by atoms with E-state index in [-0.39, 0.29) is 11.9 Å². The van der Waals surface area contributed by atoms with Gasteiger partial charge < -0.3 is 14.4 Å². The van der Waals surface area contributed by atoms with Crippen LogP contribution in [0.4, 0.5) is 0 Å². The molecule has 0 heterocycles. The summed E-state index contributed by atoms with van der Waals surface area (Å²) in [7, 11) is 4.29. The molecule has 0 radical (unpaired) electrons. The van der Waals surface area contributed by atoms with Crippen molar-refractivity contribution in [2.24, 2.45) is 5.92 Å². The highest BCUT2D eigenvalue weighted by atomic mass is 16.7. The second kappa shape index (κ2) is 39.5. The largest absolute Gasteiger partial charge is 0.466 e. The number of rotatable bonds is 41. The highest BCUT2D eigenvalue weighted by molar-refractivity contribution is 5.69. The van der Waals surface area contributed by atoms with Crippen LogP contribution in [-0.2, 0) is 23.9 Å². The minimum Gasteiger partial charge on any atom is -0.466 e. The number of ether oxygens (including phenoxy) is 2. The maximum absolute atomic E-state index is 12.7. The zero-order valence-electron chi connectivity index (χ0n) is 35.8. The molecule has 0 fully saturated rings. The first-order chi connectivity index (χ1) is 25.4. The summed E-state index contributed by atoms with van der Waals surface area (Å²) in [6.45, 7) is 12.6. The summed E-state index contributed by atoms with van der Waals surface area (Å²) in [6.07, 6.45) is 34.9. The van der Waals surface area contributed by atoms with E-state index < -0.39 is 0 Å². The van der Waals surface area contributed by atoms with Crippen LogP contribution in [-0.4, -0.2) is 74.9 Å². The van der Waals surface area contributed by atoms with E-state index in [9.17, 15) is 9.59 Å². The predicted molar refractivity (Wildman–Crippen MR) is 222 cm³/mol. The Kier molecular flexibility index (Phi) is 38.6. The van der Waals surface area contributed by atoms with Gasteiger partial charge in [-0.05, 0) is 84.8 Å². The van der Waals surface area contributed by atoms with Gasteiger partial charge in [-0.2, -0.15) is 5.06 Å². The maximum Gasteiger partial charge on any atom is 0.305 e. The summed E-state index contributed by atoms with van der Waals surface area (Å²) in [5.41, 5.74) is 0. The van der Waals surface area contributed by atoms with Crippen LogP contribution in [0.1, 0.15) is 220 Å². The number of unbranched alkanes of at least 4 members (excludes halogenated alkanes) is 18. The van der Waals surface area contributed by atoms with Crippen LogP contribution in [0, 0.1) is 5.92 Å². The van der Waals surface area contributed by atoms with Crippen molar-refractivity contribution in [2.45, 2.75) is 226 Å². The number of esters is 2. The van der Waals surface area contributed by atoms with Crippen molar-refractivity contribution in [1.29, 1.82) is 0 Å². The first-order valence-electron chi connectivity index (χ1n) is 22.7. The average molecular weight is 739 g/mol. The van der Waals surface area contributed by atoms with Gasteiger partial charge in [-0.3, -0.25) is 14.4 Å². The number of hydroxylamine groups is 2. The third-order valence-corrected chi connectivity index (χ3v) is 10.4. The molecule has 0 saturated heterocycles. The van der Waals surface area contributed by atoms with Crippen molar-refractivity contribution < 1.29 is 23.9 Å². The lowest BCUT2D eigenvalue weighted by Crippen LogP contribution is -2.37. The number of hydrogen-bond donors (Lipinski definition) is 0. The molecule has 7 nitrogen and oxygen atoms in total. The molecule has 2 unspecified atom stereocenters. The van der Waals surface area contributed by atoms with E-state index in [1.165, 1.54) is 116 Å². The van der Waals surface area contributed by atoms with Gasteiger partial charge in [0.2, 0.25) is 0 Å². The molecule has 0 aliphatic carbocycles. The van der Waals surface area contributed by atoms with Gasteiger partial charge in [0.25, 0.3) is 0 Å². The monoisotopic (exact) mass is 739 g/mol. The van der Waals surface area contributed by atoms with Crippen LogP contribution in [0.3, 0.4) is 0 Å². The number of nitrogens with zero attached hydrogens (tertiary/aromatic N) is 2. The first kappa shape index (κ1) is 50.8. The summed E-state index contributed by atoms with van der Waals surface area (Å²) in [5, 5.41) is 2.34. The summed E-state index contributed by atoms with van der Waals surface area (Å²) in [4.78, 5) is 33.1. The van der Waals surface area contributed by atoms with Gasteiger partial charge in [0.1, 0.15) is 0 Å². The Labute approximate surface area is 324 Å². The maximum atomic E-state index is 12.7. The van der Waals surface area contributed by atoms with Crippen molar-refractivity contribution in [3.05, 3.63) is 0 Å². The van der Waals surface area contributed by atoms with E-state index in [1.807, 2.05) is 6.92 Å². The number of hydrogen-bond acceptors (Lipinski definition) is 7. The van der Waals surface area contributed by atoms with Gasteiger partial charge in [0.15, 0.2) is 0 Å². The number of carbonyl (C=O) groups is 2. The second-order valence-corrected chi connectivity index (χ2v) is 15.9. The minimum absolute atomic E-state index is 0.00905. The van der Waals surface area contributed by atoms with Crippen LogP contribution in [0.2, 0.25) is 0 Å². The predicted octanol–water partition coefficient (Wildman–Crippen LogP) is 12.6. The lowest BCUT2D eigenvalue weighted by Gasteiger charge is -2.31. The van der Waals surface area contributed by atoms with Gasteiger partial charge in [-0.25, -0.2) is 0 Å². The Morgan fingerprint density at radius 2 is 0.923 bits per heavy atom. The second-order valence-electron chi connectivity index (χ2n) is 15.9. The summed E-state index contributed by atoms with van der Waals surface area (Å²) < 4.78 is 10.9. The summed E-state index contributed by atoms with van der Waals surface area (Å²) in [6, 6.07) is 0.453. The van der Waals surface area contributed by atoms with Crippen molar-refractivity contribution in [2.75, 3.05) is 47.0 Å². The van der Waals surface area contributed by atoms with Crippen LogP contribution in [0.15, 0.2) is 0 Å². The molecule has 0 amide bonds. The van der Waals surface area contributed by atoms with Crippen LogP contribution < -0.4 is 0 Å². The van der Waals surface area contributed by atoms with Gasteiger partial charge in [-0.15, -0.1) is 0 Å².